The smallest absolute Gasteiger partial charge is 0.451 e. The zero-order valence-electron chi connectivity index (χ0n) is 11.1. The molecule has 0 rings (SSSR count). The largest absolute Gasteiger partial charge is 0.480 e. The Kier molecular flexibility index (Phi) is 10.4. The van der Waals surface area contributed by atoms with Gasteiger partial charge in [-0.1, -0.05) is 12.8 Å². The Balaban J connectivity index is 0. The van der Waals surface area contributed by atoms with Crippen molar-refractivity contribution in [1.29, 1.82) is 0 Å². The first-order valence-electron chi connectivity index (χ1n) is 5.69. The fourth-order valence-corrected chi connectivity index (χ4v) is 2.02. The van der Waals surface area contributed by atoms with Crippen LogP contribution in [0.4, 0.5) is 0 Å². The van der Waals surface area contributed by atoms with Crippen molar-refractivity contribution in [3.8, 4) is 0 Å². The van der Waals surface area contributed by atoms with Crippen molar-refractivity contribution in [1.82, 2.24) is 10.0 Å². The molecule has 0 aliphatic heterocycles. The highest BCUT2D eigenvalue weighted by Gasteiger charge is 2.37. The van der Waals surface area contributed by atoms with E-state index in [2.05, 4.69) is 5.32 Å². The van der Waals surface area contributed by atoms with E-state index in [4.69, 9.17) is 15.2 Å². The maximum Gasteiger partial charge on any atom is 0.451 e. The van der Waals surface area contributed by atoms with Gasteiger partial charge in [0.25, 0.3) is 10.2 Å². The highest BCUT2D eigenvalue weighted by molar-refractivity contribution is 7.87. The van der Waals surface area contributed by atoms with E-state index >= 15 is 0 Å². The second-order valence-electron chi connectivity index (χ2n) is 4.23. The molecule has 0 radical (unpaired) electrons. The molecule has 1 atom stereocenters. The van der Waals surface area contributed by atoms with Crippen LogP contribution in [0, 0.1) is 0 Å². The molecule has 0 saturated heterocycles. The quantitative estimate of drug-likeness (QED) is 0.197. The van der Waals surface area contributed by atoms with Crippen LogP contribution in [0.2, 0.25) is 6.32 Å². The van der Waals surface area contributed by atoms with Crippen molar-refractivity contribution in [3.05, 3.63) is 0 Å². The Morgan fingerprint density at radius 2 is 1.90 bits per heavy atom. The predicted molar refractivity (Wildman–Crippen MR) is 76.6 cm³/mol. The molecule has 0 aromatic carbocycles. The van der Waals surface area contributed by atoms with Crippen LogP contribution in [0.1, 0.15) is 19.3 Å². The molecule has 0 amide bonds. The molecule has 0 aliphatic rings. The Morgan fingerprint density at radius 3 is 2.25 bits per heavy atom. The van der Waals surface area contributed by atoms with Gasteiger partial charge in [0.2, 0.25) is 0 Å². The highest BCUT2D eigenvalue weighted by Crippen LogP contribution is 2.15. The Morgan fingerprint density at radius 1 is 1.35 bits per heavy atom. The van der Waals surface area contributed by atoms with E-state index in [-0.39, 0.29) is 31.7 Å². The molecule has 20 heavy (non-hydrogen) atoms. The number of unbranched alkanes of at least 4 members (excludes halogenated alkanes) is 1. The molecule has 0 aromatic heterocycles. The number of nitrogens with two attached hydrogens (primary N) is 1. The van der Waals surface area contributed by atoms with Crippen LogP contribution in [0.25, 0.3) is 0 Å². The minimum atomic E-state index is -3.98. The van der Waals surface area contributed by atoms with Crippen molar-refractivity contribution in [3.63, 3.8) is 0 Å². The van der Waals surface area contributed by atoms with Crippen LogP contribution in [-0.2, 0) is 15.0 Å². The number of aliphatic carboxylic acids is 1. The van der Waals surface area contributed by atoms with Crippen LogP contribution in [0.3, 0.4) is 0 Å². The summed E-state index contributed by atoms with van der Waals surface area (Å²) < 4.78 is 23.6. The third kappa shape index (κ3) is 8.69. The van der Waals surface area contributed by atoms with Gasteiger partial charge in [0.05, 0.1) is 0 Å². The van der Waals surface area contributed by atoms with Crippen LogP contribution in [-0.4, -0.2) is 55.8 Å². The summed E-state index contributed by atoms with van der Waals surface area (Å²) in [5, 5.41) is 33.9. The van der Waals surface area contributed by atoms with Crippen molar-refractivity contribution in [2.45, 2.75) is 31.1 Å². The first kappa shape index (κ1) is 21.9. The molecular weight excluding hydrogens is 312 g/mol. The summed E-state index contributed by atoms with van der Waals surface area (Å²) in [6, 6.07) is 0. The summed E-state index contributed by atoms with van der Waals surface area (Å²) in [5.74, 6) is -1.21. The first-order valence-corrected chi connectivity index (χ1v) is 7.23. The van der Waals surface area contributed by atoms with Gasteiger partial charge in [-0.3, -0.25) is 4.79 Å². The molecule has 0 spiro atoms. The molecule has 9 nitrogen and oxygen atoms in total. The number of carboxylic acids is 1. The molecule has 0 saturated carbocycles. The number of likely N-dealkylation sites (N-methyl/N-ethyl adjacent to an activating group) is 1. The molecule has 0 aromatic rings. The molecule has 120 valence electrons. The zero-order valence-corrected chi connectivity index (χ0v) is 12.7. The standard InChI is InChI=1S/C8H20BN3O6S.ClH/c1-11-8(7(13)14,6-12-19(10,17)18)4-2-3-5-9(15)16;/h11-12,15-16H,2-6H2,1H3,(H,13,14)(H2,10,17,18);1H. The summed E-state index contributed by atoms with van der Waals surface area (Å²) in [7, 11) is -4.01. The summed E-state index contributed by atoms with van der Waals surface area (Å²) >= 11 is 0. The predicted octanol–water partition coefficient (Wildman–Crippen LogP) is -2.11. The number of hydrogen-bond donors (Lipinski definition) is 6. The van der Waals surface area contributed by atoms with Gasteiger partial charge in [0, 0.05) is 6.54 Å². The summed E-state index contributed by atoms with van der Waals surface area (Å²) in [6.07, 6.45) is 1.04. The molecule has 0 fully saturated rings. The van der Waals surface area contributed by atoms with Gasteiger partial charge in [-0.15, -0.1) is 12.4 Å². The van der Waals surface area contributed by atoms with Gasteiger partial charge in [-0.05, 0) is 19.8 Å². The second-order valence-corrected chi connectivity index (χ2v) is 5.61. The van der Waals surface area contributed by atoms with Crippen molar-refractivity contribution >= 4 is 35.7 Å². The topological polar surface area (TPSA) is 162 Å². The average molecular weight is 334 g/mol. The lowest BCUT2D eigenvalue weighted by Crippen LogP contribution is -2.58. The molecule has 0 heterocycles. The van der Waals surface area contributed by atoms with Crippen LogP contribution < -0.4 is 15.2 Å². The number of rotatable bonds is 10. The average Bonchev–Trinajstić information content (AvgIpc) is 2.26. The summed E-state index contributed by atoms with van der Waals surface area (Å²) in [5.41, 5.74) is -1.48. The lowest BCUT2D eigenvalue weighted by Gasteiger charge is -2.28. The van der Waals surface area contributed by atoms with Crippen LogP contribution in [0.15, 0.2) is 0 Å². The number of carbonyl (C=O) groups is 1. The number of halogens is 1. The Labute approximate surface area is 124 Å². The van der Waals surface area contributed by atoms with E-state index in [1.165, 1.54) is 7.05 Å². The lowest BCUT2D eigenvalue weighted by molar-refractivity contribution is -0.144. The number of carboxylic acid groups (broad SMARTS) is 1. The first-order chi connectivity index (χ1) is 8.63. The number of hydrogen-bond acceptors (Lipinski definition) is 6. The number of nitrogens with one attached hydrogen (secondary N) is 2. The SMILES string of the molecule is CNC(CCCCB(O)O)(CNS(N)(=O)=O)C(=O)O.Cl. The Bertz CT molecular complexity index is 396. The summed E-state index contributed by atoms with van der Waals surface area (Å²) in [4.78, 5) is 11.3. The van der Waals surface area contributed by atoms with Gasteiger partial charge in [0.1, 0.15) is 5.54 Å². The third-order valence-electron chi connectivity index (χ3n) is 2.78. The maximum atomic E-state index is 11.3. The van der Waals surface area contributed by atoms with E-state index in [1.54, 1.807) is 0 Å². The summed E-state index contributed by atoms with van der Waals surface area (Å²) in [6.45, 7) is -0.390. The van der Waals surface area contributed by atoms with Gasteiger partial charge in [-0.2, -0.15) is 8.42 Å². The molecule has 7 N–H and O–H groups in total. The molecule has 0 aliphatic carbocycles. The fourth-order valence-electron chi connectivity index (χ4n) is 1.57. The molecular formula is C8H21BClN3O6S. The van der Waals surface area contributed by atoms with E-state index in [0.717, 1.165) is 0 Å². The van der Waals surface area contributed by atoms with Gasteiger partial charge in [0.15, 0.2) is 0 Å². The second kappa shape index (κ2) is 9.50. The van der Waals surface area contributed by atoms with E-state index in [9.17, 15) is 18.3 Å². The Hall–Kier alpha value is -0.425. The maximum absolute atomic E-state index is 11.3. The fraction of sp³-hybridized carbons (Fsp3) is 0.875. The third-order valence-corrected chi connectivity index (χ3v) is 3.33. The van der Waals surface area contributed by atoms with Crippen molar-refractivity contribution in [2.24, 2.45) is 5.14 Å². The zero-order chi connectivity index (χ0) is 15.1. The van der Waals surface area contributed by atoms with Gasteiger partial charge in [-0.25, -0.2) is 9.86 Å². The normalized spacial score (nSPS) is 14.2. The monoisotopic (exact) mass is 333 g/mol. The van der Waals surface area contributed by atoms with Crippen molar-refractivity contribution in [2.75, 3.05) is 13.6 Å². The molecule has 12 heteroatoms. The van der Waals surface area contributed by atoms with Gasteiger partial charge >= 0.3 is 13.1 Å². The van der Waals surface area contributed by atoms with Crippen LogP contribution in [0.5, 0.6) is 0 Å². The molecule has 0 bridgehead atoms. The minimum Gasteiger partial charge on any atom is -0.480 e. The lowest BCUT2D eigenvalue weighted by atomic mass is 9.82. The minimum absolute atomic E-state index is 0. The van der Waals surface area contributed by atoms with E-state index in [0.29, 0.717) is 12.8 Å². The highest BCUT2D eigenvalue weighted by atomic mass is 35.5. The van der Waals surface area contributed by atoms with Gasteiger partial charge < -0.3 is 20.5 Å². The van der Waals surface area contributed by atoms with Crippen LogP contribution >= 0.6 is 12.4 Å². The molecule has 1 unspecified atom stereocenters. The van der Waals surface area contributed by atoms with E-state index in [1.807, 2.05) is 4.72 Å². The van der Waals surface area contributed by atoms with Crippen molar-refractivity contribution < 1.29 is 28.4 Å². The van der Waals surface area contributed by atoms with E-state index < -0.39 is 28.8 Å².